The Morgan fingerprint density at radius 3 is 2.48 bits per heavy atom. The van der Waals surface area contributed by atoms with Crippen molar-refractivity contribution in [3.63, 3.8) is 0 Å². The Hall–Kier alpha value is -3.74. The highest BCUT2D eigenvalue weighted by atomic mass is 16.2. The van der Waals surface area contributed by atoms with Crippen LogP contribution in [-0.4, -0.2) is 21.8 Å². The van der Waals surface area contributed by atoms with Crippen LogP contribution in [-0.2, 0) is 4.79 Å². The number of aromatic nitrogens is 2. The van der Waals surface area contributed by atoms with Gasteiger partial charge in [0.2, 0.25) is 11.9 Å². The van der Waals surface area contributed by atoms with Crippen molar-refractivity contribution >= 4 is 34.8 Å². The molecule has 0 spiro atoms. The fourth-order valence-corrected chi connectivity index (χ4v) is 2.85. The van der Waals surface area contributed by atoms with E-state index < -0.39 is 0 Å². The Labute approximate surface area is 168 Å². The number of carbonyl (C=O) groups excluding carboxylic acids is 2. The molecule has 7 nitrogen and oxygen atoms in total. The molecule has 3 aromatic rings. The van der Waals surface area contributed by atoms with E-state index in [-0.39, 0.29) is 17.7 Å². The molecule has 146 valence electrons. The molecule has 0 aliphatic heterocycles. The first kappa shape index (κ1) is 18.6. The zero-order valence-corrected chi connectivity index (χ0v) is 16.0. The molecule has 7 heteroatoms. The van der Waals surface area contributed by atoms with Crippen molar-refractivity contribution in [2.75, 3.05) is 16.0 Å². The van der Waals surface area contributed by atoms with Crippen molar-refractivity contribution in [1.82, 2.24) is 9.97 Å². The Morgan fingerprint density at radius 1 is 0.931 bits per heavy atom. The summed E-state index contributed by atoms with van der Waals surface area (Å²) in [5.41, 5.74) is 3.46. The maximum Gasteiger partial charge on any atom is 0.255 e. The molecular formula is C22H21N5O2. The van der Waals surface area contributed by atoms with Crippen LogP contribution in [0.1, 0.15) is 28.8 Å². The number of nitrogens with one attached hydrogen (secondary N) is 3. The van der Waals surface area contributed by atoms with Crippen molar-refractivity contribution in [1.29, 1.82) is 0 Å². The molecule has 1 aromatic heterocycles. The fraction of sp³-hybridized carbons (Fsp3) is 0.182. The average molecular weight is 387 g/mol. The van der Waals surface area contributed by atoms with Gasteiger partial charge in [-0.05, 0) is 61.7 Å². The standard InChI is InChI=1S/C22H21N5O2/c1-14-6-9-18(25-20(28)15-7-8-15)13-19(14)27-21(29)16-4-2-5-17(12-16)26-22-23-10-3-11-24-22/h2-6,9-13,15H,7-8H2,1H3,(H,25,28)(H,27,29)(H,23,24,26). The summed E-state index contributed by atoms with van der Waals surface area (Å²) >= 11 is 0. The third-order valence-electron chi connectivity index (χ3n) is 4.65. The van der Waals surface area contributed by atoms with Crippen LogP contribution < -0.4 is 16.0 Å². The number of carbonyl (C=O) groups is 2. The number of amides is 2. The minimum absolute atomic E-state index is 0.0352. The molecule has 0 atom stereocenters. The third-order valence-corrected chi connectivity index (χ3v) is 4.65. The Balaban J connectivity index is 1.47. The summed E-state index contributed by atoms with van der Waals surface area (Å²) < 4.78 is 0. The minimum Gasteiger partial charge on any atom is -0.326 e. The lowest BCUT2D eigenvalue weighted by molar-refractivity contribution is -0.117. The molecule has 1 aliphatic rings. The second-order valence-corrected chi connectivity index (χ2v) is 7.03. The average Bonchev–Trinajstić information content (AvgIpc) is 3.57. The normalized spacial score (nSPS) is 12.9. The van der Waals surface area contributed by atoms with E-state index in [1.54, 1.807) is 42.7 Å². The van der Waals surface area contributed by atoms with E-state index in [1.165, 1.54) is 0 Å². The summed E-state index contributed by atoms with van der Waals surface area (Å²) in [7, 11) is 0. The predicted molar refractivity (Wildman–Crippen MR) is 112 cm³/mol. The highest BCUT2D eigenvalue weighted by Crippen LogP contribution is 2.31. The molecule has 1 fully saturated rings. The lowest BCUT2D eigenvalue weighted by Crippen LogP contribution is -2.15. The Kier molecular flexibility index (Phi) is 5.20. The predicted octanol–water partition coefficient (Wildman–Crippen LogP) is 4.13. The molecule has 3 N–H and O–H groups in total. The lowest BCUT2D eigenvalue weighted by atomic mass is 10.1. The topological polar surface area (TPSA) is 96.0 Å². The molecule has 2 aromatic carbocycles. The van der Waals surface area contributed by atoms with Crippen molar-refractivity contribution in [3.8, 4) is 0 Å². The maximum atomic E-state index is 12.8. The number of benzene rings is 2. The molecule has 29 heavy (non-hydrogen) atoms. The monoisotopic (exact) mass is 387 g/mol. The van der Waals surface area contributed by atoms with Crippen LogP contribution in [0.25, 0.3) is 0 Å². The second kappa shape index (κ2) is 8.10. The maximum absolute atomic E-state index is 12.8. The SMILES string of the molecule is Cc1ccc(NC(=O)C2CC2)cc1NC(=O)c1cccc(Nc2ncccn2)c1. The number of nitrogens with zero attached hydrogens (tertiary/aromatic N) is 2. The lowest BCUT2D eigenvalue weighted by Gasteiger charge is -2.12. The van der Waals surface area contributed by atoms with Gasteiger partial charge in [0.05, 0.1) is 0 Å². The van der Waals surface area contributed by atoms with E-state index >= 15 is 0 Å². The molecule has 0 radical (unpaired) electrons. The van der Waals surface area contributed by atoms with Crippen LogP contribution in [0.15, 0.2) is 60.9 Å². The molecule has 1 aliphatic carbocycles. The van der Waals surface area contributed by atoms with Crippen molar-refractivity contribution < 1.29 is 9.59 Å². The fourth-order valence-electron chi connectivity index (χ4n) is 2.85. The van der Waals surface area contributed by atoms with Gasteiger partial charge in [-0.25, -0.2) is 9.97 Å². The van der Waals surface area contributed by atoms with Gasteiger partial charge in [0.1, 0.15) is 0 Å². The van der Waals surface area contributed by atoms with Crippen LogP contribution in [0.3, 0.4) is 0 Å². The van der Waals surface area contributed by atoms with Crippen LogP contribution in [0.4, 0.5) is 23.0 Å². The van der Waals surface area contributed by atoms with Gasteiger partial charge in [-0.1, -0.05) is 12.1 Å². The molecule has 0 saturated heterocycles. The molecule has 1 saturated carbocycles. The van der Waals surface area contributed by atoms with Gasteiger partial charge < -0.3 is 16.0 Å². The van der Waals surface area contributed by atoms with Gasteiger partial charge >= 0.3 is 0 Å². The van der Waals surface area contributed by atoms with Gasteiger partial charge in [0, 0.05) is 40.9 Å². The highest BCUT2D eigenvalue weighted by molar-refractivity contribution is 6.05. The number of hydrogen-bond donors (Lipinski definition) is 3. The number of rotatable bonds is 6. The second-order valence-electron chi connectivity index (χ2n) is 7.03. The minimum atomic E-state index is -0.239. The Morgan fingerprint density at radius 2 is 1.72 bits per heavy atom. The van der Waals surface area contributed by atoms with Gasteiger partial charge in [-0.3, -0.25) is 9.59 Å². The highest BCUT2D eigenvalue weighted by Gasteiger charge is 2.29. The molecular weight excluding hydrogens is 366 g/mol. The molecule has 0 bridgehead atoms. The van der Waals surface area contributed by atoms with Crippen molar-refractivity contribution in [2.45, 2.75) is 19.8 Å². The first-order valence-corrected chi connectivity index (χ1v) is 9.45. The van der Waals surface area contributed by atoms with Gasteiger partial charge in [-0.2, -0.15) is 0 Å². The van der Waals surface area contributed by atoms with Crippen LogP contribution >= 0.6 is 0 Å². The zero-order valence-electron chi connectivity index (χ0n) is 16.0. The summed E-state index contributed by atoms with van der Waals surface area (Å²) in [6.07, 6.45) is 5.17. The first-order valence-electron chi connectivity index (χ1n) is 9.45. The number of aryl methyl sites for hydroxylation is 1. The number of anilines is 4. The summed E-state index contributed by atoms with van der Waals surface area (Å²) in [6.45, 7) is 1.91. The van der Waals surface area contributed by atoms with Crippen molar-refractivity contribution in [3.05, 3.63) is 72.1 Å². The quantitative estimate of drug-likeness (QED) is 0.591. The van der Waals surface area contributed by atoms with Gasteiger partial charge in [-0.15, -0.1) is 0 Å². The van der Waals surface area contributed by atoms with E-state index in [1.807, 2.05) is 25.1 Å². The van der Waals surface area contributed by atoms with Crippen LogP contribution in [0.2, 0.25) is 0 Å². The Bertz CT molecular complexity index is 1050. The smallest absolute Gasteiger partial charge is 0.255 e. The summed E-state index contributed by atoms with van der Waals surface area (Å²) in [4.78, 5) is 33.0. The molecule has 4 rings (SSSR count). The van der Waals surface area contributed by atoms with E-state index in [2.05, 4.69) is 25.9 Å². The zero-order chi connectivity index (χ0) is 20.2. The third kappa shape index (κ3) is 4.76. The van der Waals surface area contributed by atoms with Crippen molar-refractivity contribution in [2.24, 2.45) is 5.92 Å². The van der Waals surface area contributed by atoms with Crippen LogP contribution in [0, 0.1) is 12.8 Å². The van der Waals surface area contributed by atoms with E-state index in [4.69, 9.17) is 0 Å². The molecule has 0 unspecified atom stereocenters. The van der Waals surface area contributed by atoms with Gasteiger partial charge in [0.15, 0.2) is 0 Å². The molecule has 2 amide bonds. The van der Waals surface area contributed by atoms with Gasteiger partial charge in [0.25, 0.3) is 5.91 Å². The molecule has 1 heterocycles. The largest absolute Gasteiger partial charge is 0.326 e. The van der Waals surface area contributed by atoms with E-state index in [0.717, 1.165) is 18.4 Å². The van der Waals surface area contributed by atoms with E-state index in [0.29, 0.717) is 28.6 Å². The summed E-state index contributed by atoms with van der Waals surface area (Å²) in [5, 5.41) is 8.91. The van der Waals surface area contributed by atoms with E-state index in [9.17, 15) is 9.59 Å². The van der Waals surface area contributed by atoms with Crippen LogP contribution in [0.5, 0.6) is 0 Å². The summed E-state index contributed by atoms with van der Waals surface area (Å²) in [6, 6.07) is 14.3. The first-order chi connectivity index (χ1) is 14.1. The summed E-state index contributed by atoms with van der Waals surface area (Å²) in [5.74, 6) is 0.377. The number of hydrogen-bond acceptors (Lipinski definition) is 5.